The summed E-state index contributed by atoms with van der Waals surface area (Å²) in [7, 11) is 0. The summed E-state index contributed by atoms with van der Waals surface area (Å²) in [6.45, 7) is 0. The van der Waals surface area contributed by atoms with E-state index in [2.05, 4.69) is 4.98 Å². The van der Waals surface area contributed by atoms with Gasteiger partial charge in [-0.05, 0) is 6.07 Å². The molecule has 70 valence electrons. The second kappa shape index (κ2) is 3.98. The van der Waals surface area contributed by atoms with Crippen LogP contribution >= 0.6 is 23.2 Å². The Morgan fingerprint density at radius 1 is 1.46 bits per heavy atom. The minimum absolute atomic E-state index is 0.162. The molecule has 0 bridgehead atoms. The summed E-state index contributed by atoms with van der Waals surface area (Å²) in [5.41, 5.74) is -0.645. The van der Waals surface area contributed by atoms with Crippen molar-refractivity contribution in [3.05, 3.63) is 27.5 Å². The van der Waals surface area contributed by atoms with Crippen LogP contribution in [-0.2, 0) is 0 Å². The van der Waals surface area contributed by atoms with Gasteiger partial charge >= 0.3 is 0 Å². The van der Waals surface area contributed by atoms with Crippen LogP contribution in [0.1, 0.15) is 22.5 Å². The summed E-state index contributed by atoms with van der Waals surface area (Å²) in [5, 5.41) is -0.608. The fraction of sp³-hybridized carbons (Fsp3) is 0.143. The molecule has 0 aliphatic rings. The molecule has 0 atom stereocenters. The smallest absolute Gasteiger partial charge is 0.265 e. The fourth-order valence-corrected chi connectivity index (χ4v) is 1.14. The van der Waals surface area contributed by atoms with Crippen molar-refractivity contribution >= 4 is 29.5 Å². The van der Waals surface area contributed by atoms with Crippen LogP contribution in [0.3, 0.4) is 0 Å². The molecule has 0 radical (unpaired) electrons. The maximum Gasteiger partial charge on any atom is 0.265 e. The lowest BCUT2D eigenvalue weighted by Gasteiger charge is -2.04. The Kier molecular flexibility index (Phi) is 3.17. The Bertz CT molecular complexity index is 344. The average Bonchev–Trinajstić information content (AvgIpc) is 2.09. The molecule has 0 fully saturated rings. The zero-order valence-electron chi connectivity index (χ0n) is 6.10. The van der Waals surface area contributed by atoms with E-state index in [1.807, 2.05) is 0 Å². The molecule has 2 nitrogen and oxygen atoms in total. The van der Waals surface area contributed by atoms with E-state index in [-0.39, 0.29) is 15.9 Å². The maximum absolute atomic E-state index is 12.2. The fourth-order valence-electron chi connectivity index (χ4n) is 0.756. The molecular weight excluding hydrogens is 223 g/mol. The van der Waals surface area contributed by atoms with E-state index in [1.165, 1.54) is 0 Å². The highest BCUT2D eigenvalue weighted by Crippen LogP contribution is 2.31. The van der Waals surface area contributed by atoms with E-state index in [9.17, 15) is 13.6 Å². The SMILES string of the molecule is O=Cc1cc(C(F)F)c(Cl)c(Cl)n1. The minimum atomic E-state index is -2.77. The van der Waals surface area contributed by atoms with Crippen LogP contribution in [0.25, 0.3) is 0 Å². The minimum Gasteiger partial charge on any atom is -0.296 e. The van der Waals surface area contributed by atoms with Crippen LogP contribution in [0.4, 0.5) is 8.78 Å². The first-order chi connectivity index (χ1) is 6.06. The molecule has 0 amide bonds. The van der Waals surface area contributed by atoms with Crippen LogP contribution in [0.15, 0.2) is 6.07 Å². The van der Waals surface area contributed by atoms with E-state index < -0.39 is 12.0 Å². The molecule has 0 aliphatic carbocycles. The monoisotopic (exact) mass is 225 g/mol. The third kappa shape index (κ3) is 2.14. The Morgan fingerprint density at radius 3 is 2.54 bits per heavy atom. The van der Waals surface area contributed by atoms with Crippen molar-refractivity contribution in [3.63, 3.8) is 0 Å². The van der Waals surface area contributed by atoms with Gasteiger partial charge in [0.15, 0.2) is 6.29 Å². The van der Waals surface area contributed by atoms with Crippen molar-refractivity contribution in [1.29, 1.82) is 0 Å². The Hall–Kier alpha value is -0.740. The van der Waals surface area contributed by atoms with Gasteiger partial charge in [0.1, 0.15) is 10.8 Å². The van der Waals surface area contributed by atoms with Crippen molar-refractivity contribution < 1.29 is 13.6 Å². The molecule has 0 unspecified atom stereocenters. The number of nitrogens with zero attached hydrogens (tertiary/aromatic N) is 1. The summed E-state index contributed by atoms with van der Waals surface area (Å²) in [6, 6.07) is 0.909. The molecule has 0 saturated carbocycles. The standard InChI is InChI=1S/C7H3Cl2F2NO/c8-5-4(7(10)11)1-3(2-13)12-6(5)9/h1-2,7H. The van der Waals surface area contributed by atoms with Crippen LogP contribution < -0.4 is 0 Å². The Balaban J connectivity index is 3.32. The lowest BCUT2D eigenvalue weighted by molar-refractivity contribution is 0.111. The largest absolute Gasteiger partial charge is 0.296 e. The van der Waals surface area contributed by atoms with Crippen LogP contribution in [-0.4, -0.2) is 11.3 Å². The molecule has 0 N–H and O–H groups in total. The van der Waals surface area contributed by atoms with Crippen molar-refractivity contribution in [2.75, 3.05) is 0 Å². The first-order valence-corrected chi connectivity index (χ1v) is 3.91. The van der Waals surface area contributed by atoms with Gasteiger partial charge in [-0.3, -0.25) is 4.79 Å². The van der Waals surface area contributed by atoms with E-state index >= 15 is 0 Å². The number of hydrogen-bond acceptors (Lipinski definition) is 2. The zero-order chi connectivity index (χ0) is 10.0. The quantitative estimate of drug-likeness (QED) is 0.572. The van der Waals surface area contributed by atoms with Crippen LogP contribution in [0.5, 0.6) is 0 Å². The van der Waals surface area contributed by atoms with Gasteiger partial charge in [-0.15, -0.1) is 0 Å². The molecule has 13 heavy (non-hydrogen) atoms. The summed E-state index contributed by atoms with van der Waals surface area (Å²) >= 11 is 10.8. The van der Waals surface area contributed by atoms with Crippen molar-refractivity contribution in [3.8, 4) is 0 Å². The van der Waals surface area contributed by atoms with Crippen molar-refractivity contribution in [2.24, 2.45) is 0 Å². The lowest BCUT2D eigenvalue weighted by Crippen LogP contribution is -1.94. The summed E-state index contributed by atoms with van der Waals surface area (Å²) in [4.78, 5) is 13.7. The number of alkyl halides is 2. The van der Waals surface area contributed by atoms with Crippen LogP contribution in [0, 0.1) is 0 Å². The first-order valence-electron chi connectivity index (χ1n) is 3.15. The highest BCUT2D eigenvalue weighted by Gasteiger charge is 2.16. The molecule has 1 heterocycles. The summed E-state index contributed by atoms with van der Waals surface area (Å²) < 4.78 is 24.5. The maximum atomic E-state index is 12.2. The molecule has 1 aromatic rings. The summed E-state index contributed by atoms with van der Waals surface area (Å²) in [6.07, 6.45) is -2.44. The molecule has 0 aliphatic heterocycles. The second-order valence-corrected chi connectivity index (χ2v) is 2.90. The number of halogens is 4. The third-order valence-corrected chi connectivity index (χ3v) is 2.09. The number of hydrogen-bond donors (Lipinski definition) is 0. The molecule has 1 rings (SSSR count). The number of rotatable bonds is 2. The van der Waals surface area contributed by atoms with Crippen molar-refractivity contribution in [2.45, 2.75) is 6.43 Å². The van der Waals surface area contributed by atoms with Gasteiger partial charge in [0, 0.05) is 5.56 Å². The van der Waals surface area contributed by atoms with Gasteiger partial charge in [0.2, 0.25) is 0 Å². The van der Waals surface area contributed by atoms with Gasteiger partial charge in [-0.1, -0.05) is 23.2 Å². The predicted molar refractivity (Wildman–Crippen MR) is 44.6 cm³/mol. The van der Waals surface area contributed by atoms with Crippen LogP contribution in [0.2, 0.25) is 10.2 Å². The first kappa shape index (κ1) is 10.3. The topological polar surface area (TPSA) is 30.0 Å². The molecule has 0 spiro atoms. The van der Waals surface area contributed by atoms with Gasteiger partial charge in [0.25, 0.3) is 6.43 Å². The molecular formula is C7H3Cl2F2NO. The highest BCUT2D eigenvalue weighted by molar-refractivity contribution is 6.41. The molecule has 1 aromatic heterocycles. The third-order valence-electron chi connectivity index (χ3n) is 1.32. The molecule has 0 saturated heterocycles. The second-order valence-electron chi connectivity index (χ2n) is 2.16. The van der Waals surface area contributed by atoms with E-state index in [0.717, 1.165) is 6.07 Å². The average molecular weight is 226 g/mol. The number of carbonyl (C=O) groups is 1. The van der Waals surface area contributed by atoms with E-state index in [1.54, 1.807) is 0 Å². The number of aromatic nitrogens is 1. The summed E-state index contributed by atoms with van der Waals surface area (Å²) in [5.74, 6) is 0. The van der Waals surface area contributed by atoms with Gasteiger partial charge in [-0.25, -0.2) is 13.8 Å². The highest BCUT2D eigenvalue weighted by atomic mass is 35.5. The molecule has 6 heteroatoms. The Labute approximate surface area is 82.5 Å². The van der Waals surface area contributed by atoms with Gasteiger partial charge in [-0.2, -0.15) is 0 Å². The zero-order valence-corrected chi connectivity index (χ0v) is 7.61. The number of carbonyl (C=O) groups excluding carboxylic acids is 1. The van der Waals surface area contributed by atoms with Gasteiger partial charge in [0.05, 0.1) is 5.02 Å². The van der Waals surface area contributed by atoms with E-state index in [4.69, 9.17) is 23.2 Å². The number of pyridine rings is 1. The predicted octanol–water partition coefficient (Wildman–Crippen LogP) is 3.14. The lowest BCUT2D eigenvalue weighted by atomic mass is 10.2. The Morgan fingerprint density at radius 2 is 2.08 bits per heavy atom. The molecule has 0 aromatic carbocycles. The number of aldehydes is 1. The van der Waals surface area contributed by atoms with Gasteiger partial charge < -0.3 is 0 Å². The normalized spacial score (nSPS) is 10.5. The van der Waals surface area contributed by atoms with E-state index in [0.29, 0.717) is 6.29 Å². The van der Waals surface area contributed by atoms with Crippen molar-refractivity contribution in [1.82, 2.24) is 4.98 Å².